The highest BCUT2D eigenvalue weighted by molar-refractivity contribution is 6.60. The van der Waals surface area contributed by atoms with Crippen LogP contribution in [0.25, 0.3) is 0 Å². The number of carbonyl (C=O) groups is 1. The van der Waals surface area contributed by atoms with Gasteiger partial charge in [0.05, 0.1) is 0 Å². The molecule has 1 aromatic carbocycles. The highest BCUT2D eigenvalue weighted by atomic mass is 28.4. The van der Waals surface area contributed by atoms with Crippen molar-refractivity contribution in [3.8, 4) is 0 Å². The zero-order valence-electron chi connectivity index (χ0n) is 10.9. The maximum atomic E-state index is 11.8. The minimum absolute atomic E-state index is 0.109. The standard InChI is InChI=1S/C12H19NO4Si/c1-15-18(16-2,17-3)10-9-13-12(14)11-7-5-4-6-8-11/h4-8H,9-10H2,1-3H3,(H,13,14). The lowest BCUT2D eigenvalue weighted by molar-refractivity contribution is 0.0948. The molecule has 1 rings (SSSR count). The predicted octanol–water partition coefficient (Wildman–Crippen LogP) is 1.29. The Kier molecular flexibility index (Phi) is 6.00. The van der Waals surface area contributed by atoms with Gasteiger partial charge in [0.1, 0.15) is 0 Å². The van der Waals surface area contributed by atoms with E-state index in [-0.39, 0.29) is 5.91 Å². The zero-order chi connectivity index (χ0) is 13.4. The van der Waals surface area contributed by atoms with E-state index in [1.54, 1.807) is 33.5 Å². The minimum Gasteiger partial charge on any atom is -0.377 e. The Morgan fingerprint density at radius 1 is 1.11 bits per heavy atom. The molecule has 100 valence electrons. The van der Waals surface area contributed by atoms with Crippen LogP contribution in [-0.2, 0) is 13.3 Å². The van der Waals surface area contributed by atoms with Crippen molar-refractivity contribution in [2.75, 3.05) is 27.9 Å². The molecule has 0 aromatic heterocycles. The molecule has 0 unspecified atom stereocenters. The van der Waals surface area contributed by atoms with Crippen molar-refractivity contribution < 1.29 is 18.1 Å². The van der Waals surface area contributed by atoms with Gasteiger partial charge >= 0.3 is 8.80 Å². The molecule has 1 N–H and O–H groups in total. The lowest BCUT2D eigenvalue weighted by Crippen LogP contribution is -2.45. The van der Waals surface area contributed by atoms with E-state index in [9.17, 15) is 4.79 Å². The number of benzene rings is 1. The van der Waals surface area contributed by atoms with E-state index in [0.717, 1.165) is 0 Å². The fraction of sp³-hybridized carbons (Fsp3) is 0.417. The number of rotatable bonds is 7. The summed E-state index contributed by atoms with van der Waals surface area (Å²) in [6, 6.07) is 9.59. The van der Waals surface area contributed by atoms with Gasteiger partial charge < -0.3 is 18.6 Å². The normalized spacial score (nSPS) is 11.3. The number of nitrogens with one attached hydrogen (secondary N) is 1. The summed E-state index contributed by atoms with van der Waals surface area (Å²) in [6.45, 7) is 0.454. The summed E-state index contributed by atoms with van der Waals surface area (Å²) in [5.41, 5.74) is 0.636. The van der Waals surface area contributed by atoms with Crippen LogP contribution in [0.5, 0.6) is 0 Å². The van der Waals surface area contributed by atoms with Crippen molar-refractivity contribution in [1.82, 2.24) is 5.32 Å². The Labute approximate surface area is 108 Å². The van der Waals surface area contributed by atoms with Crippen molar-refractivity contribution in [3.63, 3.8) is 0 Å². The second-order valence-corrected chi connectivity index (χ2v) is 6.76. The van der Waals surface area contributed by atoms with Gasteiger partial charge in [0, 0.05) is 39.5 Å². The number of amides is 1. The van der Waals surface area contributed by atoms with Crippen LogP contribution in [0.2, 0.25) is 6.04 Å². The van der Waals surface area contributed by atoms with Gasteiger partial charge in [-0.3, -0.25) is 4.79 Å². The SMILES string of the molecule is CO[Si](CCNC(=O)c1ccccc1)(OC)OC. The first-order valence-electron chi connectivity index (χ1n) is 5.66. The molecule has 1 aromatic rings. The van der Waals surface area contributed by atoms with Crippen LogP contribution in [0.3, 0.4) is 0 Å². The third-order valence-corrected chi connectivity index (χ3v) is 5.41. The molecular formula is C12H19NO4Si. The Morgan fingerprint density at radius 2 is 1.67 bits per heavy atom. The van der Waals surface area contributed by atoms with Crippen molar-refractivity contribution in [2.45, 2.75) is 6.04 Å². The molecular weight excluding hydrogens is 250 g/mol. The second-order valence-electron chi connectivity index (χ2n) is 3.67. The highest BCUT2D eigenvalue weighted by Gasteiger charge is 2.37. The van der Waals surface area contributed by atoms with E-state index in [0.29, 0.717) is 18.2 Å². The molecule has 0 fully saturated rings. The molecule has 0 bridgehead atoms. The van der Waals surface area contributed by atoms with Crippen molar-refractivity contribution in [3.05, 3.63) is 35.9 Å². The minimum atomic E-state index is -2.60. The summed E-state index contributed by atoms with van der Waals surface area (Å²) < 4.78 is 15.8. The molecule has 18 heavy (non-hydrogen) atoms. The van der Waals surface area contributed by atoms with Crippen molar-refractivity contribution in [2.24, 2.45) is 0 Å². The van der Waals surface area contributed by atoms with Gasteiger partial charge in [-0.25, -0.2) is 0 Å². The van der Waals surface area contributed by atoms with Gasteiger partial charge in [-0.2, -0.15) is 0 Å². The Hall–Kier alpha value is -1.21. The van der Waals surface area contributed by atoms with E-state index >= 15 is 0 Å². The fourth-order valence-electron chi connectivity index (χ4n) is 1.58. The fourth-order valence-corrected chi connectivity index (χ4v) is 3.12. The lowest BCUT2D eigenvalue weighted by atomic mass is 10.2. The van der Waals surface area contributed by atoms with E-state index < -0.39 is 8.80 Å². The number of hydrogen-bond donors (Lipinski definition) is 1. The van der Waals surface area contributed by atoms with E-state index in [1.807, 2.05) is 18.2 Å². The molecule has 0 atom stereocenters. The van der Waals surface area contributed by atoms with Crippen LogP contribution in [0, 0.1) is 0 Å². The Balaban J connectivity index is 2.44. The summed E-state index contributed by atoms with van der Waals surface area (Å²) in [4.78, 5) is 11.8. The molecule has 6 heteroatoms. The largest absolute Gasteiger partial charge is 0.501 e. The molecule has 0 heterocycles. The molecule has 0 aliphatic heterocycles. The molecule has 1 amide bonds. The number of hydrogen-bond acceptors (Lipinski definition) is 4. The molecule has 0 aliphatic rings. The van der Waals surface area contributed by atoms with E-state index in [4.69, 9.17) is 13.3 Å². The average molecular weight is 269 g/mol. The quantitative estimate of drug-likeness (QED) is 0.758. The summed E-state index contributed by atoms with van der Waals surface area (Å²) in [6.07, 6.45) is 0. The van der Waals surface area contributed by atoms with Gasteiger partial charge in [0.2, 0.25) is 0 Å². The number of carbonyl (C=O) groups excluding carboxylic acids is 1. The van der Waals surface area contributed by atoms with Gasteiger partial charge in [0.15, 0.2) is 0 Å². The van der Waals surface area contributed by atoms with Crippen molar-refractivity contribution in [1.29, 1.82) is 0 Å². The highest BCUT2D eigenvalue weighted by Crippen LogP contribution is 2.11. The topological polar surface area (TPSA) is 56.8 Å². The summed E-state index contributed by atoms with van der Waals surface area (Å²) >= 11 is 0. The summed E-state index contributed by atoms with van der Waals surface area (Å²) in [5, 5.41) is 2.81. The lowest BCUT2D eigenvalue weighted by Gasteiger charge is -2.24. The predicted molar refractivity (Wildman–Crippen MR) is 70.4 cm³/mol. The average Bonchev–Trinajstić information content (AvgIpc) is 2.45. The maximum absolute atomic E-state index is 11.8. The third kappa shape index (κ3) is 3.92. The Morgan fingerprint density at radius 3 is 2.17 bits per heavy atom. The molecule has 0 saturated heterocycles. The van der Waals surface area contributed by atoms with Gasteiger partial charge in [-0.15, -0.1) is 0 Å². The smallest absolute Gasteiger partial charge is 0.377 e. The van der Waals surface area contributed by atoms with Crippen LogP contribution in [-0.4, -0.2) is 42.6 Å². The molecule has 0 spiro atoms. The van der Waals surface area contributed by atoms with Crippen LogP contribution in [0.4, 0.5) is 0 Å². The third-order valence-electron chi connectivity index (χ3n) is 2.69. The first kappa shape index (κ1) is 14.8. The first-order valence-corrected chi connectivity index (χ1v) is 7.59. The van der Waals surface area contributed by atoms with E-state index in [2.05, 4.69) is 5.32 Å². The van der Waals surface area contributed by atoms with Crippen LogP contribution in [0.1, 0.15) is 10.4 Å². The molecule has 0 saturated carbocycles. The van der Waals surface area contributed by atoms with Crippen LogP contribution < -0.4 is 5.32 Å². The van der Waals surface area contributed by atoms with Gasteiger partial charge in [-0.05, 0) is 12.1 Å². The Bertz CT molecular complexity index is 359. The molecule has 5 nitrogen and oxygen atoms in total. The first-order chi connectivity index (χ1) is 8.67. The van der Waals surface area contributed by atoms with Gasteiger partial charge in [-0.1, -0.05) is 18.2 Å². The summed E-state index contributed by atoms with van der Waals surface area (Å²) in [5.74, 6) is -0.109. The summed E-state index contributed by atoms with van der Waals surface area (Å²) in [7, 11) is 2.06. The molecule has 0 radical (unpaired) electrons. The van der Waals surface area contributed by atoms with Crippen LogP contribution >= 0.6 is 0 Å². The van der Waals surface area contributed by atoms with Crippen LogP contribution in [0.15, 0.2) is 30.3 Å². The van der Waals surface area contributed by atoms with Crippen molar-refractivity contribution >= 4 is 14.7 Å². The second kappa shape index (κ2) is 7.27. The molecule has 0 aliphatic carbocycles. The van der Waals surface area contributed by atoms with Gasteiger partial charge in [0.25, 0.3) is 5.91 Å². The monoisotopic (exact) mass is 269 g/mol. The van der Waals surface area contributed by atoms with E-state index in [1.165, 1.54) is 0 Å². The maximum Gasteiger partial charge on any atom is 0.501 e. The zero-order valence-corrected chi connectivity index (χ0v) is 11.9.